The van der Waals surface area contributed by atoms with Crippen molar-refractivity contribution in [1.82, 2.24) is 10.2 Å². The van der Waals surface area contributed by atoms with Crippen molar-refractivity contribution in [2.24, 2.45) is 5.92 Å². The molecule has 2 fully saturated rings. The molecule has 2 atom stereocenters. The van der Waals surface area contributed by atoms with E-state index in [-0.39, 0.29) is 5.82 Å². The van der Waals surface area contributed by atoms with Crippen molar-refractivity contribution in [3.8, 4) is 5.75 Å². The number of hydrogen-bond acceptors (Lipinski definition) is 3. The predicted molar refractivity (Wildman–Crippen MR) is 72.7 cm³/mol. The smallest absolute Gasteiger partial charge is 0.169 e. The quantitative estimate of drug-likeness (QED) is 0.904. The molecule has 3 nitrogen and oxygen atoms in total. The summed E-state index contributed by atoms with van der Waals surface area (Å²) >= 11 is 0. The zero-order valence-corrected chi connectivity index (χ0v) is 11.4. The number of ether oxygens (including phenoxy) is 1. The Labute approximate surface area is 113 Å². The molecule has 2 aliphatic rings. The van der Waals surface area contributed by atoms with Crippen LogP contribution in [0.1, 0.15) is 18.4 Å². The van der Waals surface area contributed by atoms with Crippen LogP contribution in [0.25, 0.3) is 0 Å². The van der Waals surface area contributed by atoms with Crippen LogP contribution in [0.4, 0.5) is 4.39 Å². The van der Waals surface area contributed by atoms with Crippen molar-refractivity contribution in [3.05, 3.63) is 29.6 Å². The topological polar surface area (TPSA) is 24.5 Å². The minimum atomic E-state index is -0.215. The minimum absolute atomic E-state index is 0.215. The van der Waals surface area contributed by atoms with Gasteiger partial charge in [0.05, 0.1) is 7.11 Å². The zero-order valence-electron chi connectivity index (χ0n) is 11.4. The largest absolute Gasteiger partial charge is 0.494 e. The fourth-order valence-corrected chi connectivity index (χ4v) is 3.34. The first-order chi connectivity index (χ1) is 9.28. The normalized spacial score (nSPS) is 27.3. The number of nitrogens with zero attached hydrogens (tertiary/aromatic N) is 1. The van der Waals surface area contributed by atoms with Crippen LogP contribution in [-0.4, -0.2) is 37.7 Å². The van der Waals surface area contributed by atoms with E-state index in [2.05, 4.69) is 10.2 Å². The van der Waals surface area contributed by atoms with Gasteiger partial charge in [-0.05, 0) is 31.4 Å². The van der Waals surface area contributed by atoms with Crippen molar-refractivity contribution in [2.45, 2.75) is 25.4 Å². The Morgan fingerprint density at radius 1 is 1.42 bits per heavy atom. The van der Waals surface area contributed by atoms with Gasteiger partial charge in [-0.2, -0.15) is 0 Å². The minimum Gasteiger partial charge on any atom is -0.494 e. The zero-order chi connectivity index (χ0) is 13.2. The van der Waals surface area contributed by atoms with E-state index in [4.69, 9.17) is 4.74 Å². The Kier molecular flexibility index (Phi) is 3.71. The molecular weight excluding hydrogens is 243 g/mol. The Morgan fingerprint density at radius 2 is 2.32 bits per heavy atom. The lowest BCUT2D eigenvalue weighted by Gasteiger charge is -2.24. The van der Waals surface area contributed by atoms with Crippen LogP contribution in [0.3, 0.4) is 0 Å². The van der Waals surface area contributed by atoms with Crippen molar-refractivity contribution in [3.63, 3.8) is 0 Å². The molecule has 2 saturated heterocycles. The summed E-state index contributed by atoms with van der Waals surface area (Å²) in [5.74, 6) is 0.863. The number of piperidine rings is 1. The number of hydrogen-bond donors (Lipinski definition) is 1. The van der Waals surface area contributed by atoms with Gasteiger partial charge in [0.2, 0.25) is 0 Å². The third-order valence-corrected chi connectivity index (χ3v) is 4.33. The van der Waals surface area contributed by atoms with Crippen LogP contribution in [-0.2, 0) is 6.54 Å². The highest BCUT2D eigenvalue weighted by Crippen LogP contribution is 2.28. The summed E-state index contributed by atoms with van der Waals surface area (Å²) in [5, 5.41) is 3.57. The highest BCUT2D eigenvalue weighted by atomic mass is 19.1. The molecule has 0 aromatic heterocycles. The Morgan fingerprint density at radius 3 is 3.11 bits per heavy atom. The number of nitrogens with one attached hydrogen (secondary N) is 1. The van der Waals surface area contributed by atoms with Gasteiger partial charge >= 0.3 is 0 Å². The van der Waals surface area contributed by atoms with Crippen LogP contribution >= 0.6 is 0 Å². The van der Waals surface area contributed by atoms with Crippen LogP contribution in [0.5, 0.6) is 5.75 Å². The molecule has 0 unspecified atom stereocenters. The highest BCUT2D eigenvalue weighted by molar-refractivity contribution is 5.31. The van der Waals surface area contributed by atoms with Crippen LogP contribution in [0.15, 0.2) is 18.2 Å². The average molecular weight is 264 g/mol. The second-order valence-electron chi connectivity index (χ2n) is 5.59. The third-order valence-electron chi connectivity index (χ3n) is 4.33. The van der Waals surface area contributed by atoms with Gasteiger partial charge < -0.3 is 10.1 Å². The molecule has 0 spiro atoms. The maximum absolute atomic E-state index is 14.1. The van der Waals surface area contributed by atoms with E-state index in [0.717, 1.165) is 31.1 Å². The van der Waals surface area contributed by atoms with E-state index in [1.807, 2.05) is 12.1 Å². The summed E-state index contributed by atoms with van der Waals surface area (Å²) in [5.41, 5.74) is 0.734. The molecule has 0 amide bonds. The third kappa shape index (κ3) is 2.60. The van der Waals surface area contributed by atoms with Crippen molar-refractivity contribution >= 4 is 0 Å². The Bertz CT molecular complexity index is 438. The molecule has 0 saturated carbocycles. The first kappa shape index (κ1) is 12.9. The lowest BCUT2D eigenvalue weighted by molar-refractivity contribution is 0.304. The Hall–Kier alpha value is -1.13. The monoisotopic (exact) mass is 264 g/mol. The molecule has 1 aromatic rings. The first-order valence-corrected chi connectivity index (χ1v) is 7.05. The van der Waals surface area contributed by atoms with Gasteiger partial charge in [-0.1, -0.05) is 12.1 Å². The highest BCUT2D eigenvalue weighted by Gasteiger charge is 2.34. The molecule has 19 heavy (non-hydrogen) atoms. The molecule has 104 valence electrons. The molecule has 0 radical (unpaired) electrons. The molecule has 3 rings (SSSR count). The van der Waals surface area contributed by atoms with Crippen molar-refractivity contribution in [1.29, 1.82) is 0 Å². The second kappa shape index (κ2) is 5.47. The number of benzene rings is 1. The molecule has 1 aromatic carbocycles. The summed E-state index contributed by atoms with van der Waals surface area (Å²) in [7, 11) is 1.51. The van der Waals surface area contributed by atoms with E-state index >= 15 is 0 Å². The molecule has 2 aliphatic heterocycles. The summed E-state index contributed by atoms with van der Waals surface area (Å²) in [6.45, 7) is 3.91. The van der Waals surface area contributed by atoms with Gasteiger partial charge in [0, 0.05) is 31.2 Å². The lowest BCUT2D eigenvalue weighted by Crippen LogP contribution is -2.40. The summed E-state index contributed by atoms with van der Waals surface area (Å²) in [6.07, 6.45) is 2.57. The standard InChI is InChI=1S/C15H21FN2O/c1-19-14-6-2-4-12(15(14)16)9-18-8-11-5-3-7-17-13(11)10-18/h2,4,6,11,13,17H,3,5,7-10H2,1H3/t11-,13+/m0/s1. The number of rotatable bonds is 3. The van der Waals surface area contributed by atoms with E-state index in [1.165, 1.54) is 20.0 Å². The number of methoxy groups -OCH3 is 1. The van der Waals surface area contributed by atoms with Gasteiger partial charge in [0.1, 0.15) is 0 Å². The molecule has 0 aliphatic carbocycles. The fourth-order valence-electron chi connectivity index (χ4n) is 3.34. The Balaban J connectivity index is 1.69. The van der Waals surface area contributed by atoms with Gasteiger partial charge in [0.15, 0.2) is 11.6 Å². The van der Waals surface area contributed by atoms with Crippen molar-refractivity contribution < 1.29 is 9.13 Å². The van der Waals surface area contributed by atoms with Crippen LogP contribution in [0, 0.1) is 11.7 Å². The molecular formula is C15H21FN2O. The van der Waals surface area contributed by atoms with Gasteiger partial charge in [0.25, 0.3) is 0 Å². The van der Waals surface area contributed by atoms with E-state index < -0.39 is 0 Å². The summed E-state index contributed by atoms with van der Waals surface area (Å²) in [4.78, 5) is 2.35. The number of likely N-dealkylation sites (tertiary alicyclic amines) is 1. The fraction of sp³-hybridized carbons (Fsp3) is 0.600. The van der Waals surface area contributed by atoms with Crippen LogP contribution in [0.2, 0.25) is 0 Å². The van der Waals surface area contributed by atoms with Crippen molar-refractivity contribution in [2.75, 3.05) is 26.7 Å². The molecule has 0 bridgehead atoms. The SMILES string of the molecule is COc1cccc(CN2C[C@@H]3CCCN[C@@H]3C2)c1F. The summed E-state index contributed by atoms with van der Waals surface area (Å²) < 4.78 is 19.2. The second-order valence-corrected chi connectivity index (χ2v) is 5.59. The van der Waals surface area contributed by atoms with Gasteiger partial charge in [-0.15, -0.1) is 0 Å². The molecule has 4 heteroatoms. The number of fused-ring (bicyclic) bond motifs is 1. The maximum Gasteiger partial charge on any atom is 0.169 e. The maximum atomic E-state index is 14.1. The van der Waals surface area contributed by atoms with E-state index in [1.54, 1.807) is 6.07 Å². The predicted octanol–water partition coefficient (Wildman–Crippen LogP) is 2.02. The molecule has 1 N–H and O–H groups in total. The van der Waals surface area contributed by atoms with E-state index in [0.29, 0.717) is 18.3 Å². The van der Waals surface area contributed by atoms with Gasteiger partial charge in [-0.3, -0.25) is 4.90 Å². The summed E-state index contributed by atoms with van der Waals surface area (Å²) in [6, 6.07) is 5.98. The lowest BCUT2D eigenvalue weighted by atomic mass is 9.94. The average Bonchev–Trinajstić information content (AvgIpc) is 2.83. The molecule has 2 heterocycles. The van der Waals surface area contributed by atoms with Gasteiger partial charge in [-0.25, -0.2) is 4.39 Å². The van der Waals surface area contributed by atoms with Crippen LogP contribution < -0.4 is 10.1 Å². The number of halogens is 1. The first-order valence-electron chi connectivity index (χ1n) is 7.05. The van der Waals surface area contributed by atoms with E-state index in [9.17, 15) is 4.39 Å².